The van der Waals surface area contributed by atoms with Gasteiger partial charge in [-0.25, -0.2) is 9.78 Å². The molecule has 21 heavy (non-hydrogen) atoms. The van der Waals surface area contributed by atoms with E-state index in [2.05, 4.69) is 15.6 Å². The second kappa shape index (κ2) is 6.94. The molecule has 2 N–H and O–H groups in total. The fourth-order valence-electron chi connectivity index (χ4n) is 1.97. The summed E-state index contributed by atoms with van der Waals surface area (Å²) in [6, 6.07) is 3.51. The molecular weight excluding hydrogens is 270 g/mol. The van der Waals surface area contributed by atoms with Gasteiger partial charge in [-0.2, -0.15) is 0 Å². The largest absolute Gasteiger partial charge is 0.467 e. The Bertz CT molecular complexity index is 562. The Morgan fingerprint density at radius 2 is 2.29 bits per heavy atom. The summed E-state index contributed by atoms with van der Waals surface area (Å²) in [5.74, 6) is 1.66. The highest BCUT2D eigenvalue weighted by molar-refractivity contribution is 5.73. The van der Waals surface area contributed by atoms with Gasteiger partial charge in [0.1, 0.15) is 17.6 Å². The van der Waals surface area contributed by atoms with Crippen molar-refractivity contribution in [1.82, 2.24) is 25.1 Å². The minimum absolute atomic E-state index is 0.108. The zero-order valence-corrected chi connectivity index (χ0v) is 12.5. The molecule has 1 unspecified atom stereocenters. The van der Waals surface area contributed by atoms with Gasteiger partial charge in [-0.1, -0.05) is 0 Å². The summed E-state index contributed by atoms with van der Waals surface area (Å²) in [5, 5.41) is 6.16. The molecule has 0 spiro atoms. The summed E-state index contributed by atoms with van der Waals surface area (Å²) in [7, 11) is 5.36. The maximum atomic E-state index is 11.5. The number of carbonyl (C=O) groups is 1. The average molecular weight is 291 g/mol. The molecule has 1 atom stereocenters. The number of imidazole rings is 1. The first-order valence-electron chi connectivity index (χ1n) is 6.78. The first kappa shape index (κ1) is 15.1. The Labute approximate surface area is 123 Å². The minimum Gasteiger partial charge on any atom is -0.467 e. The molecule has 2 amide bonds. The van der Waals surface area contributed by atoms with E-state index in [9.17, 15) is 4.79 Å². The van der Waals surface area contributed by atoms with Gasteiger partial charge in [0.25, 0.3) is 0 Å². The summed E-state index contributed by atoms with van der Waals surface area (Å²) in [4.78, 5) is 17.3. The van der Waals surface area contributed by atoms with Gasteiger partial charge in [-0.05, 0) is 12.1 Å². The molecule has 114 valence electrons. The van der Waals surface area contributed by atoms with Gasteiger partial charge in [0, 0.05) is 46.6 Å². The lowest BCUT2D eigenvalue weighted by Crippen LogP contribution is -2.39. The number of carbonyl (C=O) groups excluding carboxylic acids is 1. The molecule has 7 nitrogen and oxygen atoms in total. The first-order valence-corrected chi connectivity index (χ1v) is 6.78. The molecule has 0 bridgehead atoms. The zero-order chi connectivity index (χ0) is 15.2. The van der Waals surface area contributed by atoms with Gasteiger partial charge in [-0.15, -0.1) is 0 Å². The maximum absolute atomic E-state index is 11.5. The molecule has 2 rings (SSSR count). The van der Waals surface area contributed by atoms with E-state index in [-0.39, 0.29) is 12.1 Å². The van der Waals surface area contributed by atoms with Gasteiger partial charge in [0.2, 0.25) is 0 Å². The summed E-state index contributed by atoms with van der Waals surface area (Å²) in [6.07, 6.45) is 5.28. The molecule has 0 aliphatic heterocycles. The number of aromatic nitrogens is 2. The molecule has 0 aliphatic carbocycles. The number of furan rings is 1. The van der Waals surface area contributed by atoms with Crippen molar-refractivity contribution in [2.45, 2.75) is 6.04 Å². The lowest BCUT2D eigenvalue weighted by atomic mass is 10.2. The Kier molecular flexibility index (Phi) is 4.99. The Balaban J connectivity index is 1.95. The van der Waals surface area contributed by atoms with Crippen LogP contribution in [0.1, 0.15) is 17.6 Å². The van der Waals surface area contributed by atoms with E-state index in [0.29, 0.717) is 13.1 Å². The summed E-state index contributed by atoms with van der Waals surface area (Å²) in [6.45, 7) is 1.14. The Morgan fingerprint density at radius 3 is 2.86 bits per heavy atom. The molecule has 2 aromatic rings. The third-order valence-electron chi connectivity index (χ3n) is 3.10. The average Bonchev–Trinajstić information content (AvgIpc) is 3.10. The predicted molar refractivity (Wildman–Crippen MR) is 78.8 cm³/mol. The molecule has 2 heterocycles. The van der Waals surface area contributed by atoms with E-state index in [4.69, 9.17) is 4.42 Å². The van der Waals surface area contributed by atoms with Gasteiger partial charge in [0.05, 0.1) is 6.26 Å². The van der Waals surface area contributed by atoms with Crippen molar-refractivity contribution in [1.29, 1.82) is 0 Å². The van der Waals surface area contributed by atoms with E-state index in [1.807, 2.05) is 29.9 Å². The molecule has 2 aromatic heterocycles. The lowest BCUT2D eigenvalue weighted by molar-refractivity contribution is 0.217. The van der Waals surface area contributed by atoms with Crippen molar-refractivity contribution < 1.29 is 9.21 Å². The highest BCUT2D eigenvalue weighted by Gasteiger charge is 2.20. The molecule has 0 saturated heterocycles. The predicted octanol–water partition coefficient (Wildman–Crippen LogP) is 0.963. The lowest BCUT2D eigenvalue weighted by Gasteiger charge is -2.17. The van der Waals surface area contributed by atoms with E-state index < -0.39 is 0 Å². The zero-order valence-electron chi connectivity index (χ0n) is 12.5. The van der Waals surface area contributed by atoms with Crippen molar-refractivity contribution in [2.24, 2.45) is 7.05 Å². The number of amides is 2. The fourth-order valence-corrected chi connectivity index (χ4v) is 1.97. The first-order chi connectivity index (χ1) is 10.1. The van der Waals surface area contributed by atoms with Crippen LogP contribution in [-0.4, -0.2) is 47.7 Å². The van der Waals surface area contributed by atoms with Crippen LogP contribution in [0, 0.1) is 0 Å². The van der Waals surface area contributed by atoms with E-state index in [1.165, 1.54) is 4.90 Å². The standard InChI is InChI=1S/C14H21N5O2/c1-18(2)14(20)17-7-6-15-12(11-5-4-10-21-11)13-16-8-9-19(13)3/h4-5,8-10,12,15H,6-7H2,1-3H3,(H,17,20). The number of rotatable bonds is 6. The van der Waals surface area contributed by atoms with Crippen LogP contribution in [0.3, 0.4) is 0 Å². The quantitative estimate of drug-likeness (QED) is 0.777. The summed E-state index contributed by atoms with van der Waals surface area (Å²) < 4.78 is 7.42. The van der Waals surface area contributed by atoms with Crippen LogP contribution in [-0.2, 0) is 7.05 Å². The third-order valence-corrected chi connectivity index (χ3v) is 3.10. The van der Waals surface area contributed by atoms with E-state index in [0.717, 1.165) is 11.6 Å². The highest BCUT2D eigenvalue weighted by atomic mass is 16.3. The number of nitrogens with zero attached hydrogens (tertiary/aromatic N) is 3. The number of urea groups is 1. The Morgan fingerprint density at radius 1 is 1.48 bits per heavy atom. The van der Waals surface area contributed by atoms with E-state index in [1.54, 1.807) is 26.6 Å². The molecule has 0 aromatic carbocycles. The van der Waals surface area contributed by atoms with Crippen LogP contribution in [0.25, 0.3) is 0 Å². The second-order valence-electron chi connectivity index (χ2n) is 4.93. The number of hydrogen-bond acceptors (Lipinski definition) is 4. The fraction of sp³-hybridized carbons (Fsp3) is 0.429. The van der Waals surface area contributed by atoms with Crippen molar-refractivity contribution in [3.8, 4) is 0 Å². The number of hydrogen-bond donors (Lipinski definition) is 2. The van der Waals surface area contributed by atoms with Crippen LogP contribution < -0.4 is 10.6 Å². The van der Waals surface area contributed by atoms with Crippen molar-refractivity contribution in [3.63, 3.8) is 0 Å². The summed E-state index contributed by atoms with van der Waals surface area (Å²) in [5.41, 5.74) is 0. The maximum Gasteiger partial charge on any atom is 0.316 e. The molecule has 0 aliphatic rings. The topological polar surface area (TPSA) is 75.3 Å². The van der Waals surface area contributed by atoms with E-state index >= 15 is 0 Å². The minimum atomic E-state index is -0.142. The van der Waals surface area contributed by atoms with Crippen molar-refractivity contribution in [3.05, 3.63) is 42.4 Å². The SMILES string of the molecule is CN(C)C(=O)NCCNC(c1ccco1)c1nccn1C. The summed E-state index contributed by atoms with van der Waals surface area (Å²) >= 11 is 0. The monoisotopic (exact) mass is 291 g/mol. The molecule has 0 radical (unpaired) electrons. The number of aryl methyl sites for hydroxylation is 1. The molecule has 7 heteroatoms. The smallest absolute Gasteiger partial charge is 0.316 e. The van der Waals surface area contributed by atoms with Crippen LogP contribution >= 0.6 is 0 Å². The van der Waals surface area contributed by atoms with Gasteiger partial charge in [0.15, 0.2) is 0 Å². The molecule has 0 saturated carbocycles. The van der Waals surface area contributed by atoms with Crippen molar-refractivity contribution >= 4 is 6.03 Å². The second-order valence-corrected chi connectivity index (χ2v) is 4.93. The van der Waals surface area contributed by atoms with Gasteiger partial charge in [-0.3, -0.25) is 5.32 Å². The van der Waals surface area contributed by atoms with Crippen LogP contribution in [0.15, 0.2) is 35.2 Å². The molecule has 0 fully saturated rings. The van der Waals surface area contributed by atoms with Crippen LogP contribution in [0.4, 0.5) is 4.79 Å². The van der Waals surface area contributed by atoms with Gasteiger partial charge < -0.3 is 19.2 Å². The molecular formula is C14H21N5O2. The van der Waals surface area contributed by atoms with Crippen LogP contribution in [0.2, 0.25) is 0 Å². The number of nitrogens with one attached hydrogen (secondary N) is 2. The normalized spacial score (nSPS) is 12.1. The Hall–Kier alpha value is -2.28. The third kappa shape index (κ3) is 3.85. The van der Waals surface area contributed by atoms with Gasteiger partial charge >= 0.3 is 6.03 Å². The highest BCUT2D eigenvalue weighted by Crippen LogP contribution is 2.20. The van der Waals surface area contributed by atoms with Crippen molar-refractivity contribution in [2.75, 3.05) is 27.2 Å². The van der Waals surface area contributed by atoms with Crippen LogP contribution in [0.5, 0.6) is 0 Å².